The number of hydrogen-bond donors (Lipinski definition) is 0. The minimum atomic E-state index is -7.03. The molecule has 0 saturated heterocycles. The minimum Gasteiger partial charge on any atom is -0.262 e. The first-order chi connectivity index (χ1) is 8.40. The Bertz CT molecular complexity index is 325. The van der Waals surface area contributed by atoms with Crippen LogP contribution in [-0.2, 0) is 4.74 Å². The molecule has 0 N–H and O–H groups in total. The minimum absolute atomic E-state index is 0.373. The highest BCUT2D eigenvalue weighted by molar-refractivity contribution is 4.90. The molecule has 0 amide bonds. The molecule has 0 aromatic carbocycles. The van der Waals surface area contributed by atoms with Gasteiger partial charge in [-0.3, -0.25) is 4.74 Å². The molecule has 0 unspecified atom stereocenters. The van der Waals surface area contributed by atoms with Crippen LogP contribution in [0.3, 0.4) is 0 Å². The maximum absolute atomic E-state index is 12.9. The highest BCUT2D eigenvalue weighted by atomic mass is 19.4. The molecule has 20 heavy (non-hydrogen) atoms. The van der Waals surface area contributed by atoms with Gasteiger partial charge in [-0.1, -0.05) is 13.8 Å². The highest BCUT2D eigenvalue weighted by Crippen LogP contribution is 2.53. The molecule has 12 heteroatoms. The van der Waals surface area contributed by atoms with Crippen molar-refractivity contribution in [2.45, 2.75) is 44.1 Å². The van der Waals surface area contributed by atoms with E-state index in [1.165, 1.54) is 0 Å². The van der Waals surface area contributed by atoms with E-state index in [0.29, 0.717) is 13.8 Å². The van der Waals surface area contributed by atoms with Gasteiger partial charge in [-0.2, -0.15) is 48.3 Å². The second kappa shape index (κ2) is 4.88. The van der Waals surface area contributed by atoms with Crippen LogP contribution in [0.5, 0.6) is 0 Å². The standard InChI is InChI=1S/C8H7F11O/c1-3(2)4(9,10)8(18,19)20-5(11,6(12,13)14)7(15,16)17/h3H,1-2H3. The molecule has 0 fully saturated rings. The smallest absolute Gasteiger partial charge is 0.262 e. The van der Waals surface area contributed by atoms with Crippen LogP contribution in [0.25, 0.3) is 0 Å². The summed E-state index contributed by atoms with van der Waals surface area (Å²) in [6.07, 6.45) is -20.4. The summed E-state index contributed by atoms with van der Waals surface area (Å²) in [6.45, 7) is 0.747. The van der Waals surface area contributed by atoms with Gasteiger partial charge in [0.15, 0.2) is 0 Å². The molecular weight excluding hydrogens is 321 g/mol. The summed E-state index contributed by atoms with van der Waals surface area (Å²) in [5.41, 5.74) is 0. The maximum atomic E-state index is 12.9. The van der Waals surface area contributed by atoms with Gasteiger partial charge >= 0.3 is 30.2 Å². The Balaban J connectivity index is 5.74. The van der Waals surface area contributed by atoms with Crippen LogP contribution in [0.4, 0.5) is 48.3 Å². The van der Waals surface area contributed by atoms with E-state index < -0.39 is 36.2 Å². The first-order valence-corrected chi connectivity index (χ1v) is 4.68. The monoisotopic (exact) mass is 328 g/mol. The summed E-state index contributed by atoms with van der Waals surface area (Å²) >= 11 is 0. The van der Waals surface area contributed by atoms with Crippen molar-refractivity contribution < 1.29 is 53.0 Å². The van der Waals surface area contributed by atoms with E-state index in [-0.39, 0.29) is 0 Å². The molecule has 0 atom stereocenters. The highest BCUT2D eigenvalue weighted by Gasteiger charge is 2.79. The van der Waals surface area contributed by atoms with Gasteiger partial charge in [-0.05, 0) is 0 Å². The molecule has 0 rings (SSSR count). The molecule has 0 aromatic rings. The molecule has 0 heterocycles. The largest absolute Gasteiger partial charge is 0.458 e. The molecule has 0 saturated carbocycles. The summed E-state index contributed by atoms with van der Waals surface area (Å²) in [7, 11) is 0. The first kappa shape index (κ1) is 19.2. The average Bonchev–Trinajstić information content (AvgIpc) is 2.12. The number of ether oxygens (including phenoxy) is 1. The van der Waals surface area contributed by atoms with Gasteiger partial charge in [0, 0.05) is 5.92 Å². The van der Waals surface area contributed by atoms with Crippen molar-refractivity contribution in [2.75, 3.05) is 0 Å². The third kappa shape index (κ3) is 3.09. The Morgan fingerprint density at radius 3 is 1.15 bits per heavy atom. The second-order valence-electron chi connectivity index (χ2n) is 3.99. The van der Waals surface area contributed by atoms with Gasteiger partial charge in [-0.15, -0.1) is 0 Å². The molecule has 0 aliphatic rings. The van der Waals surface area contributed by atoms with Crippen LogP contribution in [0.15, 0.2) is 0 Å². The Morgan fingerprint density at radius 2 is 0.950 bits per heavy atom. The zero-order chi connectivity index (χ0) is 16.8. The average molecular weight is 328 g/mol. The molecule has 0 bridgehead atoms. The van der Waals surface area contributed by atoms with Crippen molar-refractivity contribution in [2.24, 2.45) is 5.92 Å². The van der Waals surface area contributed by atoms with Crippen LogP contribution in [-0.4, -0.2) is 30.2 Å². The van der Waals surface area contributed by atoms with Crippen LogP contribution in [0, 0.1) is 5.92 Å². The van der Waals surface area contributed by atoms with E-state index >= 15 is 0 Å². The summed E-state index contributed by atoms with van der Waals surface area (Å²) in [5, 5.41) is 0. The van der Waals surface area contributed by atoms with Crippen molar-refractivity contribution in [3.63, 3.8) is 0 Å². The number of rotatable bonds is 4. The summed E-state index contributed by atoms with van der Waals surface area (Å²) in [4.78, 5) is 0. The van der Waals surface area contributed by atoms with Crippen LogP contribution in [0.2, 0.25) is 0 Å². The molecule has 0 spiro atoms. The fourth-order valence-electron chi connectivity index (χ4n) is 0.857. The third-order valence-corrected chi connectivity index (χ3v) is 2.11. The van der Waals surface area contributed by atoms with Gasteiger partial charge in [-0.25, -0.2) is 0 Å². The predicted molar refractivity (Wildman–Crippen MR) is 41.8 cm³/mol. The summed E-state index contributed by atoms with van der Waals surface area (Å²) < 4.78 is 138. The lowest BCUT2D eigenvalue weighted by Gasteiger charge is -2.36. The Kier molecular flexibility index (Phi) is 4.68. The predicted octanol–water partition coefficient (Wildman–Crippen LogP) is 4.68. The molecule has 122 valence electrons. The molecule has 0 radical (unpaired) electrons. The van der Waals surface area contributed by atoms with Crippen LogP contribution in [0.1, 0.15) is 13.8 Å². The number of alkyl halides is 11. The van der Waals surface area contributed by atoms with Gasteiger partial charge < -0.3 is 0 Å². The lowest BCUT2D eigenvalue weighted by molar-refractivity contribution is -0.505. The SMILES string of the molecule is CC(C)C(F)(F)C(F)(F)OC(F)(C(F)(F)F)C(F)(F)F. The maximum Gasteiger partial charge on any atom is 0.458 e. The fraction of sp³-hybridized carbons (Fsp3) is 1.00. The molecule has 0 aromatic heterocycles. The quantitative estimate of drug-likeness (QED) is 0.681. The van der Waals surface area contributed by atoms with Gasteiger partial charge in [0.05, 0.1) is 0 Å². The summed E-state index contributed by atoms with van der Waals surface area (Å²) in [5.74, 6) is -14.8. The third-order valence-electron chi connectivity index (χ3n) is 2.11. The van der Waals surface area contributed by atoms with E-state index in [4.69, 9.17) is 0 Å². The Hall–Kier alpha value is -0.810. The Morgan fingerprint density at radius 1 is 0.650 bits per heavy atom. The number of halogens is 11. The zero-order valence-electron chi connectivity index (χ0n) is 9.64. The zero-order valence-corrected chi connectivity index (χ0v) is 9.64. The molecular formula is C8H7F11O. The van der Waals surface area contributed by atoms with E-state index in [2.05, 4.69) is 0 Å². The van der Waals surface area contributed by atoms with Gasteiger partial charge in [0.1, 0.15) is 0 Å². The van der Waals surface area contributed by atoms with Gasteiger partial charge in [0.2, 0.25) is 0 Å². The van der Waals surface area contributed by atoms with Crippen molar-refractivity contribution >= 4 is 0 Å². The van der Waals surface area contributed by atoms with Crippen molar-refractivity contribution in [3.8, 4) is 0 Å². The topological polar surface area (TPSA) is 9.23 Å². The van der Waals surface area contributed by atoms with Gasteiger partial charge in [0.25, 0.3) is 0 Å². The van der Waals surface area contributed by atoms with E-state index in [0.717, 1.165) is 0 Å². The molecule has 0 aliphatic carbocycles. The molecule has 1 nitrogen and oxygen atoms in total. The van der Waals surface area contributed by atoms with E-state index in [1.54, 1.807) is 0 Å². The lowest BCUT2D eigenvalue weighted by atomic mass is 10.1. The van der Waals surface area contributed by atoms with Crippen molar-refractivity contribution in [3.05, 3.63) is 0 Å². The second-order valence-corrected chi connectivity index (χ2v) is 3.99. The lowest BCUT2D eigenvalue weighted by Crippen LogP contribution is -2.61. The Labute approximate surface area is 104 Å². The van der Waals surface area contributed by atoms with E-state index in [1.807, 2.05) is 4.74 Å². The van der Waals surface area contributed by atoms with Crippen LogP contribution >= 0.6 is 0 Å². The van der Waals surface area contributed by atoms with E-state index in [9.17, 15) is 48.3 Å². The van der Waals surface area contributed by atoms with Crippen LogP contribution < -0.4 is 0 Å². The first-order valence-electron chi connectivity index (χ1n) is 4.68. The molecule has 0 aliphatic heterocycles. The van der Waals surface area contributed by atoms with Crippen molar-refractivity contribution in [1.82, 2.24) is 0 Å². The normalized spacial score (nSPS) is 15.9. The summed E-state index contributed by atoms with van der Waals surface area (Å²) in [6, 6.07) is 0. The fourth-order valence-corrected chi connectivity index (χ4v) is 0.857. The number of hydrogen-bond acceptors (Lipinski definition) is 1. The van der Waals surface area contributed by atoms with Crippen molar-refractivity contribution in [1.29, 1.82) is 0 Å².